The molecule has 1 aromatic heterocycles. The molecular formula is C10H15NS. The van der Waals surface area contributed by atoms with Crippen LogP contribution in [0.1, 0.15) is 25.1 Å². The molecule has 1 aliphatic heterocycles. The smallest absolute Gasteiger partial charge is 0.0181 e. The molecule has 0 radical (unpaired) electrons. The summed E-state index contributed by atoms with van der Waals surface area (Å²) in [7, 11) is 0. The van der Waals surface area contributed by atoms with Gasteiger partial charge in [0.25, 0.3) is 0 Å². The number of nitrogens with one attached hydrogen (secondary N) is 1. The van der Waals surface area contributed by atoms with Gasteiger partial charge in [0.15, 0.2) is 0 Å². The van der Waals surface area contributed by atoms with E-state index in [1.165, 1.54) is 11.3 Å². The fraction of sp³-hybridized carbons (Fsp3) is 0.600. The Labute approximate surface area is 77.8 Å². The first-order chi connectivity index (χ1) is 5.73. The third kappa shape index (κ3) is 1.10. The molecule has 1 N–H and O–H groups in total. The van der Waals surface area contributed by atoms with Gasteiger partial charge in [-0.3, -0.25) is 0 Å². The van der Waals surface area contributed by atoms with Crippen LogP contribution in [0.3, 0.4) is 0 Å². The maximum Gasteiger partial charge on any atom is 0.0181 e. The standard InChI is InChI=1S/C10H15NS/c1-8-10(2,5-6-11-8)9-4-3-7-12-9/h3-4,7-8,11H,5-6H2,1-2H3. The summed E-state index contributed by atoms with van der Waals surface area (Å²) in [4.78, 5) is 1.53. The topological polar surface area (TPSA) is 12.0 Å². The van der Waals surface area contributed by atoms with Crippen molar-refractivity contribution in [3.63, 3.8) is 0 Å². The van der Waals surface area contributed by atoms with Crippen LogP contribution in [-0.4, -0.2) is 12.6 Å². The summed E-state index contributed by atoms with van der Waals surface area (Å²) in [6.45, 7) is 5.81. The molecule has 0 bridgehead atoms. The van der Waals surface area contributed by atoms with Gasteiger partial charge in [-0.25, -0.2) is 0 Å². The van der Waals surface area contributed by atoms with Gasteiger partial charge in [0.05, 0.1) is 0 Å². The minimum Gasteiger partial charge on any atom is -0.313 e. The third-order valence-electron chi connectivity index (χ3n) is 3.13. The van der Waals surface area contributed by atoms with E-state index in [4.69, 9.17) is 0 Å². The van der Waals surface area contributed by atoms with Crippen molar-refractivity contribution in [2.24, 2.45) is 0 Å². The van der Waals surface area contributed by atoms with E-state index in [1.807, 2.05) is 11.3 Å². The largest absolute Gasteiger partial charge is 0.313 e. The van der Waals surface area contributed by atoms with Gasteiger partial charge < -0.3 is 5.32 Å². The molecule has 1 aromatic rings. The van der Waals surface area contributed by atoms with Crippen LogP contribution in [-0.2, 0) is 5.41 Å². The number of hydrogen-bond acceptors (Lipinski definition) is 2. The highest BCUT2D eigenvalue weighted by Gasteiger charge is 2.37. The maximum atomic E-state index is 3.50. The predicted octanol–water partition coefficient (Wildman–Crippen LogP) is 2.39. The average molecular weight is 181 g/mol. The zero-order valence-corrected chi connectivity index (χ0v) is 8.45. The minimum atomic E-state index is 0.383. The van der Waals surface area contributed by atoms with E-state index < -0.39 is 0 Å². The van der Waals surface area contributed by atoms with E-state index in [-0.39, 0.29) is 0 Å². The molecule has 0 aliphatic carbocycles. The molecule has 12 heavy (non-hydrogen) atoms. The molecule has 2 heteroatoms. The van der Waals surface area contributed by atoms with Crippen molar-refractivity contribution in [3.05, 3.63) is 22.4 Å². The van der Waals surface area contributed by atoms with Gasteiger partial charge in [-0.2, -0.15) is 0 Å². The molecule has 66 valence electrons. The van der Waals surface area contributed by atoms with Crippen molar-refractivity contribution in [2.75, 3.05) is 6.54 Å². The van der Waals surface area contributed by atoms with E-state index in [1.54, 1.807) is 0 Å². The first-order valence-electron chi connectivity index (χ1n) is 4.51. The van der Waals surface area contributed by atoms with E-state index in [9.17, 15) is 0 Å². The maximum absolute atomic E-state index is 3.50. The van der Waals surface area contributed by atoms with Gasteiger partial charge in [0, 0.05) is 16.3 Å². The molecule has 0 amide bonds. The lowest BCUT2D eigenvalue weighted by molar-refractivity contribution is 0.435. The van der Waals surface area contributed by atoms with Gasteiger partial charge in [-0.05, 0) is 31.3 Å². The molecule has 2 heterocycles. The Morgan fingerprint density at radius 3 is 3.00 bits per heavy atom. The Bertz CT molecular complexity index is 255. The number of rotatable bonds is 1. The Kier molecular flexibility index (Phi) is 1.97. The van der Waals surface area contributed by atoms with Crippen molar-refractivity contribution < 1.29 is 0 Å². The molecule has 2 rings (SSSR count). The van der Waals surface area contributed by atoms with E-state index >= 15 is 0 Å². The lowest BCUT2D eigenvalue weighted by atomic mass is 9.82. The summed E-state index contributed by atoms with van der Waals surface area (Å²) in [5.41, 5.74) is 0.383. The summed E-state index contributed by atoms with van der Waals surface area (Å²) in [6.07, 6.45) is 1.27. The zero-order valence-electron chi connectivity index (χ0n) is 7.63. The van der Waals surface area contributed by atoms with Crippen LogP contribution in [0.15, 0.2) is 17.5 Å². The van der Waals surface area contributed by atoms with Crippen molar-refractivity contribution >= 4 is 11.3 Å². The van der Waals surface area contributed by atoms with Crippen molar-refractivity contribution in [1.82, 2.24) is 5.32 Å². The Morgan fingerprint density at radius 2 is 2.50 bits per heavy atom. The van der Waals surface area contributed by atoms with Crippen LogP contribution >= 0.6 is 11.3 Å². The Balaban J connectivity index is 2.32. The molecule has 1 aliphatic rings. The van der Waals surface area contributed by atoms with E-state index in [0.29, 0.717) is 11.5 Å². The predicted molar refractivity (Wildman–Crippen MR) is 53.8 cm³/mol. The second kappa shape index (κ2) is 2.86. The van der Waals surface area contributed by atoms with E-state index in [2.05, 4.69) is 36.7 Å². The molecule has 0 spiro atoms. The average Bonchev–Trinajstić information content (AvgIpc) is 2.62. The summed E-state index contributed by atoms with van der Waals surface area (Å²) in [5.74, 6) is 0. The number of hydrogen-bond donors (Lipinski definition) is 1. The highest BCUT2D eigenvalue weighted by molar-refractivity contribution is 7.10. The molecule has 2 unspecified atom stereocenters. The Hall–Kier alpha value is -0.340. The van der Waals surface area contributed by atoms with Gasteiger partial charge in [-0.15, -0.1) is 11.3 Å². The third-order valence-corrected chi connectivity index (χ3v) is 4.28. The van der Waals surface area contributed by atoms with Crippen LogP contribution in [0.25, 0.3) is 0 Å². The van der Waals surface area contributed by atoms with Gasteiger partial charge in [0.2, 0.25) is 0 Å². The molecular weight excluding hydrogens is 166 g/mol. The molecule has 1 saturated heterocycles. The molecule has 1 nitrogen and oxygen atoms in total. The Morgan fingerprint density at radius 1 is 1.67 bits per heavy atom. The highest BCUT2D eigenvalue weighted by atomic mass is 32.1. The van der Waals surface area contributed by atoms with Crippen LogP contribution in [0, 0.1) is 0 Å². The highest BCUT2D eigenvalue weighted by Crippen LogP contribution is 2.37. The summed E-state index contributed by atoms with van der Waals surface area (Å²) < 4.78 is 0. The SMILES string of the molecule is CC1NCCC1(C)c1cccs1. The zero-order chi connectivity index (χ0) is 8.60. The van der Waals surface area contributed by atoms with Gasteiger partial charge in [0.1, 0.15) is 0 Å². The summed E-state index contributed by atoms with van der Waals surface area (Å²) in [6, 6.07) is 5.03. The second-order valence-corrected chi connectivity index (χ2v) is 4.77. The van der Waals surface area contributed by atoms with Gasteiger partial charge in [-0.1, -0.05) is 13.0 Å². The van der Waals surface area contributed by atoms with Crippen molar-refractivity contribution in [1.29, 1.82) is 0 Å². The molecule has 2 atom stereocenters. The first-order valence-corrected chi connectivity index (χ1v) is 5.39. The summed E-state index contributed by atoms with van der Waals surface area (Å²) in [5, 5.41) is 5.68. The first kappa shape index (κ1) is 8.27. The lowest BCUT2D eigenvalue weighted by Gasteiger charge is -2.27. The van der Waals surface area contributed by atoms with Crippen molar-refractivity contribution in [3.8, 4) is 0 Å². The number of thiophene rings is 1. The molecule has 0 saturated carbocycles. The summed E-state index contributed by atoms with van der Waals surface area (Å²) >= 11 is 1.88. The monoisotopic (exact) mass is 181 g/mol. The lowest BCUT2D eigenvalue weighted by Crippen LogP contribution is -2.34. The van der Waals surface area contributed by atoms with Crippen molar-refractivity contribution in [2.45, 2.75) is 31.7 Å². The molecule has 0 aromatic carbocycles. The fourth-order valence-electron chi connectivity index (χ4n) is 1.93. The minimum absolute atomic E-state index is 0.383. The second-order valence-electron chi connectivity index (χ2n) is 3.82. The fourth-order valence-corrected chi connectivity index (χ4v) is 2.94. The van der Waals surface area contributed by atoms with Crippen LogP contribution in [0.2, 0.25) is 0 Å². The normalized spacial score (nSPS) is 35.7. The van der Waals surface area contributed by atoms with Crippen LogP contribution in [0.5, 0.6) is 0 Å². The van der Waals surface area contributed by atoms with E-state index in [0.717, 1.165) is 6.54 Å². The molecule has 1 fully saturated rings. The quantitative estimate of drug-likeness (QED) is 0.701. The van der Waals surface area contributed by atoms with Crippen LogP contribution < -0.4 is 5.32 Å². The van der Waals surface area contributed by atoms with Gasteiger partial charge >= 0.3 is 0 Å². The van der Waals surface area contributed by atoms with Crippen LogP contribution in [0.4, 0.5) is 0 Å².